The zero-order valence-electron chi connectivity index (χ0n) is 11.2. The SMILES string of the molecule is CCCNCc1ccccc1Cn1nccc1C. The van der Waals surface area contributed by atoms with E-state index in [2.05, 4.69) is 48.5 Å². The van der Waals surface area contributed by atoms with E-state index >= 15 is 0 Å². The van der Waals surface area contributed by atoms with Crippen molar-refractivity contribution in [2.45, 2.75) is 33.4 Å². The van der Waals surface area contributed by atoms with E-state index < -0.39 is 0 Å². The van der Waals surface area contributed by atoms with Crippen molar-refractivity contribution < 1.29 is 0 Å². The Morgan fingerprint density at radius 2 is 1.94 bits per heavy atom. The van der Waals surface area contributed by atoms with E-state index in [0.29, 0.717) is 0 Å². The molecule has 0 atom stereocenters. The molecule has 0 fully saturated rings. The fraction of sp³-hybridized carbons (Fsp3) is 0.400. The van der Waals surface area contributed by atoms with Crippen LogP contribution in [0.1, 0.15) is 30.2 Å². The van der Waals surface area contributed by atoms with Gasteiger partial charge in [0.05, 0.1) is 6.54 Å². The third-order valence-electron chi connectivity index (χ3n) is 3.11. The molecule has 0 amide bonds. The molecule has 3 nitrogen and oxygen atoms in total. The Morgan fingerprint density at radius 1 is 1.17 bits per heavy atom. The molecular formula is C15H21N3. The molecule has 3 heteroatoms. The lowest BCUT2D eigenvalue weighted by Gasteiger charge is -2.11. The summed E-state index contributed by atoms with van der Waals surface area (Å²) in [5, 5.41) is 7.80. The normalized spacial score (nSPS) is 10.8. The number of hydrogen-bond donors (Lipinski definition) is 1. The fourth-order valence-electron chi connectivity index (χ4n) is 2.01. The molecule has 0 saturated carbocycles. The van der Waals surface area contributed by atoms with Crippen molar-refractivity contribution in [3.05, 3.63) is 53.3 Å². The number of rotatable bonds is 6. The molecule has 1 aromatic heterocycles. The van der Waals surface area contributed by atoms with Crippen LogP contribution in [0.3, 0.4) is 0 Å². The zero-order valence-corrected chi connectivity index (χ0v) is 11.2. The predicted octanol–water partition coefficient (Wildman–Crippen LogP) is 2.74. The molecule has 1 N–H and O–H groups in total. The first-order valence-corrected chi connectivity index (χ1v) is 6.57. The first-order chi connectivity index (χ1) is 8.81. The predicted molar refractivity (Wildman–Crippen MR) is 74.5 cm³/mol. The monoisotopic (exact) mass is 243 g/mol. The number of aryl methyl sites for hydroxylation is 1. The van der Waals surface area contributed by atoms with Crippen molar-refractivity contribution >= 4 is 0 Å². The van der Waals surface area contributed by atoms with Gasteiger partial charge in [0.2, 0.25) is 0 Å². The summed E-state index contributed by atoms with van der Waals surface area (Å²) in [5.74, 6) is 0. The molecule has 1 heterocycles. The van der Waals surface area contributed by atoms with Gasteiger partial charge in [-0.15, -0.1) is 0 Å². The van der Waals surface area contributed by atoms with Gasteiger partial charge in [-0.05, 0) is 37.1 Å². The maximum atomic E-state index is 4.34. The van der Waals surface area contributed by atoms with Gasteiger partial charge >= 0.3 is 0 Å². The van der Waals surface area contributed by atoms with Gasteiger partial charge in [-0.3, -0.25) is 4.68 Å². The van der Waals surface area contributed by atoms with Crippen molar-refractivity contribution in [1.82, 2.24) is 15.1 Å². The highest BCUT2D eigenvalue weighted by Gasteiger charge is 2.04. The molecule has 0 aliphatic heterocycles. The smallest absolute Gasteiger partial charge is 0.0665 e. The summed E-state index contributed by atoms with van der Waals surface area (Å²) in [7, 11) is 0. The van der Waals surface area contributed by atoms with Crippen molar-refractivity contribution in [1.29, 1.82) is 0 Å². The van der Waals surface area contributed by atoms with E-state index in [1.54, 1.807) is 0 Å². The molecule has 0 saturated heterocycles. The largest absolute Gasteiger partial charge is 0.313 e. The minimum atomic E-state index is 0.850. The number of hydrogen-bond acceptors (Lipinski definition) is 2. The molecule has 2 rings (SSSR count). The van der Waals surface area contributed by atoms with Crippen LogP contribution in [0, 0.1) is 6.92 Å². The van der Waals surface area contributed by atoms with Gasteiger partial charge in [-0.25, -0.2) is 0 Å². The van der Waals surface area contributed by atoms with Gasteiger partial charge in [-0.2, -0.15) is 5.10 Å². The summed E-state index contributed by atoms with van der Waals surface area (Å²) in [6.45, 7) is 7.12. The van der Waals surface area contributed by atoms with Gasteiger partial charge < -0.3 is 5.32 Å². The summed E-state index contributed by atoms with van der Waals surface area (Å²) < 4.78 is 2.04. The van der Waals surface area contributed by atoms with Crippen LogP contribution in [0.15, 0.2) is 36.5 Å². The first kappa shape index (κ1) is 12.8. The summed E-state index contributed by atoms with van der Waals surface area (Å²) in [6, 6.07) is 10.6. The molecule has 96 valence electrons. The Hall–Kier alpha value is -1.61. The average Bonchev–Trinajstić information content (AvgIpc) is 2.78. The molecule has 0 unspecified atom stereocenters. The lowest BCUT2D eigenvalue weighted by atomic mass is 10.1. The van der Waals surface area contributed by atoms with Crippen molar-refractivity contribution in [2.24, 2.45) is 0 Å². The molecule has 0 spiro atoms. The van der Waals surface area contributed by atoms with E-state index in [-0.39, 0.29) is 0 Å². The van der Waals surface area contributed by atoms with Crippen LogP contribution in [0.25, 0.3) is 0 Å². The van der Waals surface area contributed by atoms with Crippen LogP contribution in [-0.2, 0) is 13.1 Å². The highest BCUT2D eigenvalue weighted by atomic mass is 15.3. The van der Waals surface area contributed by atoms with Gasteiger partial charge in [0, 0.05) is 18.4 Å². The lowest BCUT2D eigenvalue weighted by molar-refractivity contribution is 0.640. The number of aromatic nitrogens is 2. The van der Waals surface area contributed by atoms with Crippen LogP contribution in [0.5, 0.6) is 0 Å². The Labute approximate surface area is 109 Å². The van der Waals surface area contributed by atoms with Crippen molar-refractivity contribution in [2.75, 3.05) is 6.54 Å². The number of benzene rings is 1. The van der Waals surface area contributed by atoms with Crippen molar-refractivity contribution in [3.8, 4) is 0 Å². The molecule has 18 heavy (non-hydrogen) atoms. The van der Waals surface area contributed by atoms with Crippen LogP contribution < -0.4 is 5.32 Å². The van der Waals surface area contributed by atoms with E-state index in [9.17, 15) is 0 Å². The minimum absolute atomic E-state index is 0.850. The molecular weight excluding hydrogens is 222 g/mol. The summed E-state index contributed by atoms with van der Waals surface area (Å²) >= 11 is 0. The highest BCUT2D eigenvalue weighted by Crippen LogP contribution is 2.11. The minimum Gasteiger partial charge on any atom is -0.313 e. The van der Waals surface area contributed by atoms with Gasteiger partial charge in [0.25, 0.3) is 0 Å². The Bertz CT molecular complexity index is 488. The molecule has 0 bridgehead atoms. The van der Waals surface area contributed by atoms with Crippen LogP contribution in [-0.4, -0.2) is 16.3 Å². The standard InChI is InChI=1S/C15H21N3/c1-3-9-16-11-14-6-4-5-7-15(14)12-18-13(2)8-10-17-18/h4-8,10,16H,3,9,11-12H2,1-2H3. The Balaban J connectivity index is 2.10. The maximum absolute atomic E-state index is 4.34. The zero-order chi connectivity index (χ0) is 12.8. The molecule has 0 radical (unpaired) electrons. The molecule has 0 aliphatic carbocycles. The number of nitrogens with one attached hydrogen (secondary N) is 1. The first-order valence-electron chi connectivity index (χ1n) is 6.57. The summed E-state index contributed by atoms with van der Waals surface area (Å²) in [6.07, 6.45) is 3.02. The molecule has 1 aromatic carbocycles. The molecule has 2 aromatic rings. The Kier molecular flexibility index (Phi) is 4.53. The maximum Gasteiger partial charge on any atom is 0.0665 e. The van der Waals surface area contributed by atoms with E-state index in [1.807, 2.05) is 16.9 Å². The second-order valence-electron chi connectivity index (χ2n) is 4.58. The average molecular weight is 243 g/mol. The fourth-order valence-corrected chi connectivity index (χ4v) is 2.01. The lowest BCUT2D eigenvalue weighted by Crippen LogP contribution is -2.16. The van der Waals surface area contributed by atoms with Gasteiger partial charge in [-0.1, -0.05) is 31.2 Å². The number of nitrogens with zero attached hydrogens (tertiary/aromatic N) is 2. The van der Waals surface area contributed by atoms with E-state index in [0.717, 1.165) is 19.6 Å². The highest BCUT2D eigenvalue weighted by molar-refractivity contribution is 5.27. The van der Waals surface area contributed by atoms with Gasteiger partial charge in [0.15, 0.2) is 0 Å². The third kappa shape index (κ3) is 3.20. The summed E-state index contributed by atoms with van der Waals surface area (Å²) in [4.78, 5) is 0. The van der Waals surface area contributed by atoms with E-state index in [4.69, 9.17) is 0 Å². The van der Waals surface area contributed by atoms with Gasteiger partial charge in [0.1, 0.15) is 0 Å². The second kappa shape index (κ2) is 6.36. The van der Waals surface area contributed by atoms with Crippen LogP contribution in [0.2, 0.25) is 0 Å². The third-order valence-corrected chi connectivity index (χ3v) is 3.11. The van der Waals surface area contributed by atoms with Crippen LogP contribution >= 0.6 is 0 Å². The van der Waals surface area contributed by atoms with Crippen LogP contribution in [0.4, 0.5) is 0 Å². The van der Waals surface area contributed by atoms with Crippen molar-refractivity contribution in [3.63, 3.8) is 0 Å². The van der Waals surface area contributed by atoms with E-state index in [1.165, 1.54) is 23.2 Å². The quantitative estimate of drug-likeness (QED) is 0.791. The second-order valence-corrected chi connectivity index (χ2v) is 4.58. The Morgan fingerprint density at radius 3 is 2.61 bits per heavy atom. The summed E-state index contributed by atoms with van der Waals surface area (Å²) in [5.41, 5.74) is 3.90. The topological polar surface area (TPSA) is 29.9 Å². The molecule has 0 aliphatic rings.